The average Bonchev–Trinajstić information content (AvgIpc) is 2.40. The molecule has 0 amide bonds. The molecule has 0 fully saturated rings. The molecule has 0 saturated heterocycles. The molecule has 21 heavy (non-hydrogen) atoms. The van der Waals surface area contributed by atoms with Gasteiger partial charge < -0.3 is 5.11 Å². The fraction of sp³-hybridized carbons (Fsp3) is 1.00. The molecule has 128 valence electrons. The summed E-state index contributed by atoms with van der Waals surface area (Å²) in [6.45, 7) is 3.89. The van der Waals surface area contributed by atoms with Crippen molar-refractivity contribution in [3.05, 3.63) is 0 Å². The van der Waals surface area contributed by atoms with Gasteiger partial charge in [0.05, 0.1) is 6.10 Å². The van der Waals surface area contributed by atoms with Crippen molar-refractivity contribution in [1.82, 2.24) is 0 Å². The SMILES string of the molecule is CCCCCCCCCCCCC(O)C(CC)S(=O)(=O)O. The molecule has 0 heterocycles. The lowest BCUT2D eigenvalue weighted by Crippen LogP contribution is -2.33. The first kappa shape index (κ1) is 20.9. The number of aliphatic hydroxyl groups excluding tert-OH is 1. The van der Waals surface area contributed by atoms with Crippen LogP contribution < -0.4 is 0 Å². The van der Waals surface area contributed by atoms with Gasteiger partial charge in [0.1, 0.15) is 5.25 Å². The minimum atomic E-state index is -4.13. The van der Waals surface area contributed by atoms with Gasteiger partial charge >= 0.3 is 0 Å². The van der Waals surface area contributed by atoms with Gasteiger partial charge in [0.2, 0.25) is 0 Å². The van der Waals surface area contributed by atoms with Crippen molar-refractivity contribution >= 4 is 10.1 Å². The van der Waals surface area contributed by atoms with Gasteiger partial charge in [-0.2, -0.15) is 8.42 Å². The Bertz CT molecular complexity index is 327. The first-order valence-corrected chi connectivity index (χ1v) is 10.1. The van der Waals surface area contributed by atoms with E-state index in [9.17, 15) is 13.5 Å². The van der Waals surface area contributed by atoms with Crippen LogP contribution in [0.25, 0.3) is 0 Å². The monoisotopic (exact) mass is 322 g/mol. The maximum atomic E-state index is 11.1. The van der Waals surface area contributed by atoms with Crippen LogP contribution in [-0.2, 0) is 10.1 Å². The Kier molecular flexibility index (Phi) is 12.3. The predicted octanol–water partition coefficient (Wildman–Crippen LogP) is 4.32. The first-order chi connectivity index (χ1) is 9.93. The summed E-state index contributed by atoms with van der Waals surface area (Å²) in [6, 6.07) is 0. The summed E-state index contributed by atoms with van der Waals surface area (Å²) in [5.41, 5.74) is 0. The van der Waals surface area contributed by atoms with Crippen molar-refractivity contribution in [2.24, 2.45) is 0 Å². The van der Waals surface area contributed by atoms with Crippen molar-refractivity contribution in [2.45, 2.75) is 102 Å². The lowest BCUT2D eigenvalue weighted by atomic mass is 10.0. The van der Waals surface area contributed by atoms with Crippen LogP contribution in [-0.4, -0.2) is 29.4 Å². The molecule has 2 N–H and O–H groups in total. The van der Waals surface area contributed by atoms with E-state index in [1.165, 1.54) is 44.9 Å². The second-order valence-corrected chi connectivity index (χ2v) is 7.64. The second kappa shape index (κ2) is 12.4. The number of rotatable bonds is 14. The average molecular weight is 323 g/mol. The molecule has 5 heteroatoms. The maximum Gasteiger partial charge on any atom is 0.270 e. The van der Waals surface area contributed by atoms with E-state index in [0.29, 0.717) is 6.42 Å². The van der Waals surface area contributed by atoms with E-state index in [1.807, 2.05) is 0 Å². The minimum absolute atomic E-state index is 0.248. The Hall–Kier alpha value is -0.130. The fourth-order valence-electron chi connectivity index (χ4n) is 2.71. The molecule has 0 aliphatic heterocycles. The van der Waals surface area contributed by atoms with Crippen LogP contribution in [0.4, 0.5) is 0 Å². The van der Waals surface area contributed by atoms with Crippen LogP contribution in [0.1, 0.15) is 90.9 Å². The molecule has 0 saturated carbocycles. The van der Waals surface area contributed by atoms with Gasteiger partial charge in [-0.25, -0.2) is 0 Å². The molecule has 0 radical (unpaired) electrons. The predicted molar refractivity (Wildman–Crippen MR) is 88.1 cm³/mol. The summed E-state index contributed by atoms with van der Waals surface area (Å²) in [4.78, 5) is 0. The lowest BCUT2D eigenvalue weighted by Gasteiger charge is -2.18. The van der Waals surface area contributed by atoms with Crippen molar-refractivity contribution < 1.29 is 18.1 Å². The highest BCUT2D eigenvalue weighted by molar-refractivity contribution is 7.86. The van der Waals surface area contributed by atoms with Crippen molar-refractivity contribution in [3.63, 3.8) is 0 Å². The van der Waals surface area contributed by atoms with Crippen LogP contribution in [0.2, 0.25) is 0 Å². The smallest absolute Gasteiger partial charge is 0.270 e. The number of hydrogen-bond acceptors (Lipinski definition) is 3. The third-order valence-corrected chi connectivity index (χ3v) is 5.48. The van der Waals surface area contributed by atoms with E-state index < -0.39 is 21.5 Å². The summed E-state index contributed by atoms with van der Waals surface area (Å²) < 4.78 is 31.2. The van der Waals surface area contributed by atoms with E-state index in [0.717, 1.165) is 19.3 Å². The van der Waals surface area contributed by atoms with E-state index >= 15 is 0 Å². The molecule has 0 bridgehead atoms. The normalized spacial score (nSPS) is 15.0. The summed E-state index contributed by atoms with van der Waals surface area (Å²) in [5, 5.41) is 8.80. The van der Waals surface area contributed by atoms with E-state index in [2.05, 4.69) is 6.92 Å². The highest BCUT2D eigenvalue weighted by Crippen LogP contribution is 2.16. The molecule has 0 aliphatic carbocycles. The molecule has 2 atom stereocenters. The van der Waals surface area contributed by atoms with E-state index in [-0.39, 0.29) is 6.42 Å². The quantitative estimate of drug-likeness (QED) is 0.369. The summed E-state index contributed by atoms with van der Waals surface area (Å²) in [6.07, 6.45) is 11.8. The molecular weight excluding hydrogens is 288 g/mol. The van der Waals surface area contributed by atoms with Gasteiger partial charge in [0, 0.05) is 0 Å². The Balaban J connectivity index is 3.54. The van der Waals surface area contributed by atoms with Crippen LogP contribution in [0.3, 0.4) is 0 Å². The topological polar surface area (TPSA) is 74.6 Å². The second-order valence-electron chi connectivity index (χ2n) is 6.00. The van der Waals surface area contributed by atoms with Gasteiger partial charge in [-0.05, 0) is 12.8 Å². The zero-order chi connectivity index (χ0) is 16.1. The zero-order valence-electron chi connectivity index (χ0n) is 13.8. The summed E-state index contributed by atoms with van der Waals surface area (Å²) in [7, 11) is -4.13. The lowest BCUT2D eigenvalue weighted by molar-refractivity contribution is 0.149. The van der Waals surface area contributed by atoms with Crippen LogP contribution in [0, 0.1) is 0 Å². The van der Waals surface area contributed by atoms with Crippen molar-refractivity contribution in [1.29, 1.82) is 0 Å². The van der Waals surface area contributed by atoms with Gasteiger partial charge in [0.25, 0.3) is 10.1 Å². The number of aliphatic hydroxyl groups is 1. The first-order valence-electron chi connectivity index (χ1n) is 8.57. The maximum absolute atomic E-state index is 11.1. The summed E-state index contributed by atoms with van der Waals surface area (Å²) >= 11 is 0. The number of hydrogen-bond donors (Lipinski definition) is 2. The third-order valence-electron chi connectivity index (χ3n) is 4.07. The molecule has 0 aromatic rings. The van der Waals surface area contributed by atoms with Gasteiger partial charge in [0.15, 0.2) is 0 Å². The fourth-order valence-corrected chi connectivity index (χ4v) is 3.66. The molecule has 0 rings (SSSR count). The number of unbranched alkanes of at least 4 members (excludes halogenated alkanes) is 9. The Morgan fingerprint density at radius 2 is 1.24 bits per heavy atom. The highest BCUT2D eigenvalue weighted by Gasteiger charge is 2.28. The summed E-state index contributed by atoms with van der Waals surface area (Å²) in [5.74, 6) is 0. The molecule has 0 spiro atoms. The van der Waals surface area contributed by atoms with Crippen molar-refractivity contribution in [2.75, 3.05) is 0 Å². The molecule has 4 nitrogen and oxygen atoms in total. The van der Waals surface area contributed by atoms with Gasteiger partial charge in [-0.15, -0.1) is 0 Å². The molecule has 0 aromatic heterocycles. The minimum Gasteiger partial charge on any atom is -0.392 e. The van der Waals surface area contributed by atoms with Crippen LogP contribution in [0.15, 0.2) is 0 Å². The molecular formula is C16H34O4S. The Morgan fingerprint density at radius 1 is 0.810 bits per heavy atom. The van der Waals surface area contributed by atoms with Gasteiger partial charge in [-0.1, -0.05) is 78.1 Å². The zero-order valence-corrected chi connectivity index (χ0v) is 14.6. The highest BCUT2D eigenvalue weighted by atomic mass is 32.2. The van der Waals surface area contributed by atoms with Crippen LogP contribution in [0.5, 0.6) is 0 Å². The standard InChI is InChI=1S/C16H34O4S/c1-3-5-6-7-8-9-10-11-12-13-14-15(17)16(4-2)21(18,19)20/h15-17H,3-14H2,1-2H3,(H,18,19,20). The Labute approximate surface area is 131 Å². The Morgan fingerprint density at radius 3 is 1.62 bits per heavy atom. The third kappa shape index (κ3) is 11.1. The molecule has 0 aliphatic rings. The van der Waals surface area contributed by atoms with Crippen LogP contribution >= 0.6 is 0 Å². The molecule has 0 aromatic carbocycles. The van der Waals surface area contributed by atoms with E-state index in [1.54, 1.807) is 6.92 Å². The largest absolute Gasteiger partial charge is 0.392 e. The van der Waals surface area contributed by atoms with Gasteiger partial charge in [-0.3, -0.25) is 4.55 Å². The van der Waals surface area contributed by atoms with Crippen molar-refractivity contribution in [3.8, 4) is 0 Å². The van der Waals surface area contributed by atoms with E-state index in [4.69, 9.17) is 4.55 Å². The molecule has 2 unspecified atom stereocenters.